The molecule has 1 aliphatic heterocycles. The van der Waals surface area contributed by atoms with Crippen molar-refractivity contribution in [1.82, 2.24) is 9.47 Å². The number of aromatic nitrogens is 1. The Kier molecular flexibility index (Phi) is 3.82. The van der Waals surface area contributed by atoms with Crippen molar-refractivity contribution in [3.8, 4) is 0 Å². The predicted octanol–water partition coefficient (Wildman–Crippen LogP) is 0.750. The number of fused-ring (bicyclic) bond motifs is 1. The smallest absolute Gasteiger partial charge is 0.341 e. The van der Waals surface area contributed by atoms with Gasteiger partial charge in [0.1, 0.15) is 11.3 Å². The van der Waals surface area contributed by atoms with Crippen LogP contribution in [0.25, 0.3) is 0 Å². The fraction of sp³-hybridized carbons (Fsp3) is 0.611. The molecule has 146 valence electrons. The van der Waals surface area contributed by atoms with E-state index in [1.54, 1.807) is 0 Å². The summed E-state index contributed by atoms with van der Waals surface area (Å²) in [6.45, 7) is 2.48. The van der Waals surface area contributed by atoms with Crippen LogP contribution in [0.4, 0.5) is 0 Å². The summed E-state index contributed by atoms with van der Waals surface area (Å²) in [5.41, 5.74) is -1.09. The first kappa shape index (κ1) is 18.2. The topological polar surface area (TPSA) is 114 Å². The van der Waals surface area contributed by atoms with Crippen molar-refractivity contribution >= 4 is 21.7 Å². The number of carboxylic acids is 1. The molecule has 0 atom stereocenters. The number of hydrogen-bond acceptors (Lipinski definition) is 5. The van der Waals surface area contributed by atoms with E-state index in [4.69, 9.17) is 5.11 Å². The zero-order chi connectivity index (χ0) is 19.6. The highest BCUT2D eigenvalue weighted by Crippen LogP contribution is 2.52. The van der Waals surface area contributed by atoms with Crippen molar-refractivity contribution in [2.45, 2.75) is 43.9 Å². The Morgan fingerprint density at radius 2 is 1.81 bits per heavy atom. The SMILES string of the molecule is CC1(CS(=O)(=O)C2(CN3CCn4c(ccc(C(=O)O)c4=O)C3=O)CC2)CC1. The summed E-state index contributed by atoms with van der Waals surface area (Å²) in [5, 5.41) is 9.06. The average molecular weight is 394 g/mol. The molecular formula is C18H22N2O6S. The maximum absolute atomic E-state index is 12.9. The summed E-state index contributed by atoms with van der Waals surface area (Å²) >= 11 is 0. The summed E-state index contributed by atoms with van der Waals surface area (Å²) in [4.78, 5) is 37.6. The number of carbonyl (C=O) groups is 2. The Balaban J connectivity index is 1.57. The fourth-order valence-corrected chi connectivity index (χ4v) is 6.40. The van der Waals surface area contributed by atoms with Gasteiger partial charge in [-0.3, -0.25) is 9.59 Å². The highest BCUT2D eigenvalue weighted by Gasteiger charge is 2.58. The molecule has 0 unspecified atom stereocenters. The van der Waals surface area contributed by atoms with Crippen LogP contribution in [0.15, 0.2) is 16.9 Å². The Bertz CT molecular complexity index is 1000. The van der Waals surface area contributed by atoms with Gasteiger partial charge in [-0.15, -0.1) is 0 Å². The van der Waals surface area contributed by atoms with Gasteiger partial charge in [0, 0.05) is 19.6 Å². The highest BCUT2D eigenvalue weighted by atomic mass is 32.2. The van der Waals surface area contributed by atoms with E-state index in [1.807, 2.05) is 6.92 Å². The number of carbonyl (C=O) groups excluding carboxylic acids is 1. The number of aromatic carboxylic acids is 1. The summed E-state index contributed by atoms with van der Waals surface area (Å²) in [7, 11) is -3.31. The van der Waals surface area contributed by atoms with E-state index >= 15 is 0 Å². The van der Waals surface area contributed by atoms with Gasteiger partial charge in [-0.1, -0.05) is 6.92 Å². The lowest BCUT2D eigenvalue weighted by molar-refractivity contribution is 0.0671. The van der Waals surface area contributed by atoms with Gasteiger partial charge in [0.25, 0.3) is 11.5 Å². The molecule has 8 nitrogen and oxygen atoms in total. The second-order valence-electron chi connectivity index (χ2n) is 8.37. The first-order valence-corrected chi connectivity index (χ1v) is 10.7. The van der Waals surface area contributed by atoms with E-state index < -0.39 is 32.0 Å². The summed E-state index contributed by atoms with van der Waals surface area (Å²) in [6.07, 6.45) is 2.96. The molecule has 2 heterocycles. The van der Waals surface area contributed by atoms with Gasteiger partial charge in [-0.2, -0.15) is 0 Å². The van der Waals surface area contributed by atoms with E-state index in [-0.39, 0.29) is 42.1 Å². The lowest BCUT2D eigenvalue weighted by atomic mass is 10.1. The van der Waals surface area contributed by atoms with E-state index in [9.17, 15) is 22.8 Å². The number of pyridine rings is 1. The number of carboxylic acid groups (broad SMARTS) is 1. The Morgan fingerprint density at radius 1 is 1.15 bits per heavy atom. The minimum atomic E-state index is -3.31. The molecular weight excluding hydrogens is 372 g/mol. The molecule has 0 aromatic carbocycles. The summed E-state index contributed by atoms with van der Waals surface area (Å²) in [5.74, 6) is -1.59. The zero-order valence-electron chi connectivity index (χ0n) is 15.1. The van der Waals surface area contributed by atoms with Crippen LogP contribution in [0, 0.1) is 5.41 Å². The van der Waals surface area contributed by atoms with Crippen molar-refractivity contribution in [3.05, 3.63) is 33.7 Å². The zero-order valence-corrected chi connectivity index (χ0v) is 15.9. The van der Waals surface area contributed by atoms with Gasteiger partial charge in [-0.25, -0.2) is 13.2 Å². The first-order chi connectivity index (χ1) is 12.6. The van der Waals surface area contributed by atoms with Crippen molar-refractivity contribution in [2.75, 3.05) is 18.8 Å². The standard InChI is InChI=1S/C18H22N2O6S/c1-17(4-5-17)11-27(25,26)18(6-7-18)10-19-8-9-20-13(15(19)22)3-2-12(14(20)21)16(23)24/h2-3H,4-11H2,1H3,(H,23,24). The molecule has 1 aromatic rings. The number of hydrogen-bond donors (Lipinski definition) is 1. The van der Waals surface area contributed by atoms with Crippen LogP contribution in [0.5, 0.6) is 0 Å². The molecule has 2 aliphatic carbocycles. The fourth-order valence-electron chi connectivity index (χ4n) is 3.81. The average Bonchev–Trinajstić information content (AvgIpc) is 3.49. The van der Waals surface area contributed by atoms with Crippen LogP contribution in [0.1, 0.15) is 53.5 Å². The van der Waals surface area contributed by atoms with Gasteiger partial charge < -0.3 is 14.6 Å². The van der Waals surface area contributed by atoms with E-state index in [2.05, 4.69) is 0 Å². The molecule has 0 radical (unpaired) electrons. The van der Waals surface area contributed by atoms with Crippen LogP contribution in [-0.4, -0.2) is 58.5 Å². The molecule has 1 aromatic heterocycles. The molecule has 1 amide bonds. The van der Waals surface area contributed by atoms with Crippen molar-refractivity contribution in [3.63, 3.8) is 0 Å². The van der Waals surface area contributed by atoms with Gasteiger partial charge in [-0.05, 0) is 43.2 Å². The molecule has 27 heavy (non-hydrogen) atoms. The summed E-state index contributed by atoms with van der Waals surface area (Å²) in [6, 6.07) is 2.47. The molecule has 0 saturated heterocycles. The predicted molar refractivity (Wildman–Crippen MR) is 96.7 cm³/mol. The van der Waals surface area contributed by atoms with Crippen molar-refractivity contribution in [2.24, 2.45) is 5.41 Å². The third-order valence-electron chi connectivity index (χ3n) is 6.09. The Hall–Kier alpha value is -2.16. The molecule has 0 spiro atoms. The van der Waals surface area contributed by atoms with Crippen LogP contribution in [-0.2, 0) is 16.4 Å². The molecule has 9 heteroatoms. The first-order valence-electron chi connectivity index (χ1n) is 9.06. The van der Waals surface area contributed by atoms with Gasteiger partial charge in [0.15, 0.2) is 9.84 Å². The van der Waals surface area contributed by atoms with E-state index in [0.29, 0.717) is 12.8 Å². The lowest BCUT2D eigenvalue weighted by Crippen LogP contribution is -2.50. The maximum Gasteiger partial charge on any atom is 0.341 e. The third-order valence-corrected chi connectivity index (χ3v) is 9.03. The number of sulfone groups is 1. The minimum absolute atomic E-state index is 0.110. The normalized spacial score (nSPS) is 22.3. The van der Waals surface area contributed by atoms with Crippen LogP contribution in [0.3, 0.4) is 0 Å². The Labute approximate surface area is 156 Å². The molecule has 1 N–H and O–H groups in total. The van der Waals surface area contributed by atoms with Gasteiger partial charge >= 0.3 is 5.97 Å². The van der Waals surface area contributed by atoms with Crippen LogP contribution < -0.4 is 5.56 Å². The van der Waals surface area contributed by atoms with Gasteiger partial charge in [0.05, 0.1) is 10.5 Å². The van der Waals surface area contributed by atoms with Crippen molar-refractivity contribution < 1.29 is 23.1 Å². The van der Waals surface area contributed by atoms with Crippen molar-refractivity contribution in [1.29, 1.82) is 0 Å². The number of amides is 1. The maximum atomic E-state index is 12.9. The molecule has 0 bridgehead atoms. The molecule has 3 aliphatic rings. The van der Waals surface area contributed by atoms with Crippen LogP contribution in [0.2, 0.25) is 0 Å². The minimum Gasteiger partial charge on any atom is -0.477 e. The molecule has 4 rings (SSSR count). The second kappa shape index (κ2) is 5.67. The lowest BCUT2D eigenvalue weighted by Gasteiger charge is -2.32. The van der Waals surface area contributed by atoms with Gasteiger partial charge in [0.2, 0.25) is 0 Å². The third kappa shape index (κ3) is 2.97. The molecule has 2 fully saturated rings. The quantitative estimate of drug-likeness (QED) is 0.762. The number of rotatable bonds is 6. The number of nitrogens with zero attached hydrogens (tertiary/aromatic N) is 2. The largest absolute Gasteiger partial charge is 0.477 e. The van der Waals surface area contributed by atoms with E-state index in [1.165, 1.54) is 15.5 Å². The van der Waals surface area contributed by atoms with E-state index in [0.717, 1.165) is 18.9 Å². The monoisotopic (exact) mass is 394 g/mol. The second-order valence-corrected chi connectivity index (χ2v) is 10.8. The Morgan fingerprint density at radius 3 is 2.37 bits per heavy atom. The van der Waals surface area contributed by atoms with Crippen LogP contribution >= 0.6 is 0 Å². The molecule has 2 saturated carbocycles. The summed E-state index contributed by atoms with van der Waals surface area (Å²) < 4.78 is 26.1. The highest BCUT2D eigenvalue weighted by molar-refractivity contribution is 7.93.